The van der Waals surface area contributed by atoms with E-state index in [-0.39, 0.29) is 18.2 Å². The van der Waals surface area contributed by atoms with Crippen LogP contribution >= 0.6 is 0 Å². The summed E-state index contributed by atoms with van der Waals surface area (Å²) >= 11 is 0. The zero-order chi connectivity index (χ0) is 21.2. The number of likely N-dealkylation sites (tertiary alicyclic amines) is 1. The molecule has 0 spiro atoms. The molecule has 2 fully saturated rings. The van der Waals surface area contributed by atoms with Crippen LogP contribution in [0.25, 0.3) is 0 Å². The van der Waals surface area contributed by atoms with E-state index in [0.717, 1.165) is 0 Å². The second kappa shape index (κ2) is 8.10. The standard InChI is InChI=1S/C18H27N7O4/c1-10-18(2,24-17(29)22-10)16(28)23-12(7-11-8-20-9-21-11)15(27)25-6-4-5-13(25)14(26)19-3/h8-10,12-13H,4-7H2,1-3H3,(H,19,26)(H,20,21)(H,23,28)(H2,22,24,29)/t10?,12-,13-,18?/m0/s1. The zero-order valence-electron chi connectivity index (χ0n) is 16.7. The summed E-state index contributed by atoms with van der Waals surface area (Å²) < 4.78 is 0. The number of hydrogen-bond donors (Lipinski definition) is 5. The lowest BCUT2D eigenvalue weighted by atomic mass is 9.93. The smallest absolute Gasteiger partial charge is 0.316 e. The summed E-state index contributed by atoms with van der Waals surface area (Å²) in [7, 11) is 1.53. The van der Waals surface area contributed by atoms with Crippen LogP contribution < -0.4 is 21.3 Å². The number of nitrogens with one attached hydrogen (secondary N) is 5. The third-order valence-electron chi connectivity index (χ3n) is 5.73. The van der Waals surface area contributed by atoms with Gasteiger partial charge in [0, 0.05) is 31.9 Å². The number of hydrogen-bond acceptors (Lipinski definition) is 5. The number of rotatable bonds is 6. The second-order valence-electron chi connectivity index (χ2n) is 7.63. The lowest BCUT2D eigenvalue weighted by molar-refractivity contribution is -0.142. The van der Waals surface area contributed by atoms with Gasteiger partial charge >= 0.3 is 6.03 Å². The maximum atomic E-state index is 13.3. The topological polar surface area (TPSA) is 148 Å². The summed E-state index contributed by atoms with van der Waals surface area (Å²) in [5.74, 6) is -1.04. The van der Waals surface area contributed by atoms with Crippen LogP contribution in [0.15, 0.2) is 12.5 Å². The molecule has 11 nitrogen and oxygen atoms in total. The van der Waals surface area contributed by atoms with Crippen molar-refractivity contribution in [2.75, 3.05) is 13.6 Å². The van der Waals surface area contributed by atoms with E-state index in [4.69, 9.17) is 0 Å². The number of aromatic nitrogens is 2. The minimum atomic E-state index is -1.20. The van der Waals surface area contributed by atoms with Crippen LogP contribution in [-0.2, 0) is 20.8 Å². The normalized spacial score (nSPS) is 27.1. The minimum absolute atomic E-state index is 0.188. The Hall–Kier alpha value is -3.11. The Morgan fingerprint density at radius 1 is 1.41 bits per heavy atom. The summed E-state index contributed by atoms with van der Waals surface area (Å²) in [5.41, 5.74) is -0.527. The third kappa shape index (κ3) is 4.03. The van der Waals surface area contributed by atoms with Gasteiger partial charge in [-0.15, -0.1) is 0 Å². The molecule has 0 radical (unpaired) electrons. The molecule has 1 aromatic heterocycles. The van der Waals surface area contributed by atoms with E-state index < -0.39 is 35.6 Å². The van der Waals surface area contributed by atoms with E-state index in [1.165, 1.54) is 18.3 Å². The Morgan fingerprint density at radius 2 is 2.17 bits per heavy atom. The summed E-state index contributed by atoms with van der Waals surface area (Å²) in [6, 6.07) is -2.36. The maximum Gasteiger partial charge on any atom is 0.316 e. The van der Waals surface area contributed by atoms with Crippen molar-refractivity contribution in [1.29, 1.82) is 0 Å². The average Bonchev–Trinajstić information content (AvgIpc) is 3.41. The molecule has 5 amide bonds. The van der Waals surface area contributed by atoms with Gasteiger partial charge in [0.05, 0.1) is 12.4 Å². The van der Waals surface area contributed by atoms with Crippen LogP contribution in [0.2, 0.25) is 0 Å². The molecule has 158 valence electrons. The average molecular weight is 405 g/mol. The highest BCUT2D eigenvalue weighted by atomic mass is 16.2. The summed E-state index contributed by atoms with van der Waals surface area (Å²) in [6.07, 6.45) is 4.55. The number of H-pyrrole nitrogens is 1. The predicted octanol–water partition coefficient (Wildman–Crippen LogP) is -1.37. The van der Waals surface area contributed by atoms with Gasteiger partial charge in [-0.3, -0.25) is 14.4 Å². The Bertz CT molecular complexity index is 796. The molecule has 29 heavy (non-hydrogen) atoms. The van der Waals surface area contributed by atoms with Gasteiger partial charge < -0.3 is 31.2 Å². The molecule has 2 saturated heterocycles. The molecule has 2 aliphatic heterocycles. The SMILES string of the molecule is CNC(=O)[C@@H]1CCCN1C(=O)[C@H](Cc1cnc[nH]1)NC(=O)C1(C)NC(=O)NC1C. The van der Waals surface area contributed by atoms with Crippen molar-refractivity contribution in [3.05, 3.63) is 18.2 Å². The Balaban J connectivity index is 1.81. The first kappa shape index (κ1) is 20.6. The molecule has 11 heteroatoms. The summed E-state index contributed by atoms with van der Waals surface area (Å²) in [4.78, 5) is 58.5. The van der Waals surface area contributed by atoms with Gasteiger partial charge in [-0.25, -0.2) is 9.78 Å². The van der Waals surface area contributed by atoms with Crippen molar-refractivity contribution in [3.63, 3.8) is 0 Å². The van der Waals surface area contributed by atoms with Crippen molar-refractivity contribution in [1.82, 2.24) is 36.1 Å². The molecule has 4 atom stereocenters. The lowest BCUT2D eigenvalue weighted by Crippen LogP contribution is -2.62. The van der Waals surface area contributed by atoms with Gasteiger partial charge in [0.2, 0.25) is 17.7 Å². The van der Waals surface area contributed by atoms with Gasteiger partial charge in [-0.05, 0) is 26.7 Å². The number of carbonyl (C=O) groups is 4. The molecule has 3 heterocycles. The Morgan fingerprint density at radius 3 is 2.76 bits per heavy atom. The van der Waals surface area contributed by atoms with Crippen LogP contribution in [-0.4, -0.2) is 75.9 Å². The van der Waals surface area contributed by atoms with Gasteiger partial charge in [0.1, 0.15) is 17.6 Å². The van der Waals surface area contributed by atoms with Crippen LogP contribution in [0.4, 0.5) is 4.79 Å². The lowest BCUT2D eigenvalue weighted by Gasteiger charge is -2.32. The highest BCUT2D eigenvalue weighted by Crippen LogP contribution is 2.21. The Labute approximate surface area is 168 Å². The van der Waals surface area contributed by atoms with Crippen LogP contribution in [0, 0.1) is 0 Å². The molecular formula is C18H27N7O4. The number of likely N-dealkylation sites (N-methyl/N-ethyl adjacent to an activating group) is 1. The minimum Gasteiger partial charge on any atom is -0.357 e. The number of imidazole rings is 1. The number of urea groups is 1. The molecule has 5 N–H and O–H groups in total. The maximum absolute atomic E-state index is 13.3. The second-order valence-corrected chi connectivity index (χ2v) is 7.63. The van der Waals surface area contributed by atoms with Gasteiger partial charge in [0.15, 0.2) is 0 Å². The fraction of sp³-hybridized carbons (Fsp3) is 0.611. The van der Waals surface area contributed by atoms with E-state index in [1.54, 1.807) is 20.0 Å². The first-order chi connectivity index (χ1) is 13.8. The van der Waals surface area contributed by atoms with Gasteiger partial charge in [0.25, 0.3) is 0 Å². The molecule has 3 rings (SSSR count). The highest BCUT2D eigenvalue weighted by molar-refractivity contribution is 5.98. The van der Waals surface area contributed by atoms with E-state index in [2.05, 4.69) is 31.2 Å². The zero-order valence-corrected chi connectivity index (χ0v) is 16.7. The predicted molar refractivity (Wildman–Crippen MR) is 103 cm³/mol. The largest absolute Gasteiger partial charge is 0.357 e. The summed E-state index contributed by atoms with van der Waals surface area (Å²) in [5, 5.41) is 10.6. The fourth-order valence-electron chi connectivity index (χ4n) is 3.77. The van der Waals surface area contributed by atoms with E-state index in [9.17, 15) is 19.2 Å². The molecule has 1 aromatic rings. The number of nitrogens with zero attached hydrogens (tertiary/aromatic N) is 2. The molecular weight excluding hydrogens is 378 g/mol. The molecule has 2 unspecified atom stereocenters. The summed E-state index contributed by atoms with van der Waals surface area (Å²) in [6.45, 7) is 3.76. The molecule has 0 saturated carbocycles. The van der Waals surface area contributed by atoms with Gasteiger partial charge in [-0.2, -0.15) is 0 Å². The highest BCUT2D eigenvalue weighted by Gasteiger charge is 2.47. The first-order valence-corrected chi connectivity index (χ1v) is 9.65. The van der Waals surface area contributed by atoms with Crippen LogP contribution in [0.3, 0.4) is 0 Å². The molecule has 2 aliphatic rings. The first-order valence-electron chi connectivity index (χ1n) is 9.65. The number of amides is 5. The monoisotopic (exact) mass is 405 g/mol. The van der Waals surface area contributed by atoms with E-state index in [1.807, 2.05) is 0 Å². The molecule has 0 bridgehead atoms. The molecule has 0 aromatic carbocycles. The third-order valence-corrected chi connectivity index (χ3v) is 5.73. The van der Waals surface area contributed by atoms with Crippen LogP contribution in [0.1, 0.15) is 32.4 Å². The van der Waals surface area contributed by atoms with E-state index >= 15 is 0 Å². The Kier molecular flexibility index (Phi) is 5.76. The van der Waals surface area contributed by atoms with Crippen molar-refractivity contribution in [2.45, 2.75) is 56.8 Å². The van der Waals surface area contributed by atoms with Crippen LogP contribution in [0.5, 0.6) is 0 Å². The van der Waals surface area contributed by atoms with Crippen molar-refractivity contribution in [3.8, 4) is 0 Å². The van der Waals surface area contributed by atoms with Crippen molar-refractivity contribution in [2.24, 2.45) is 0 Å². The van der Waals surface area contributed by atoms with Gasteiger partial charge in [-0.1, -0.05) is 0 Å². The quantitative estimate of drug-likeness (QED) is 0.396. The van der Waals surface area contributed by atoms with E-state index in [0.29, 0.717) is 25.1 Å². The number of carbonyl (C=O) groups excluding carboxylic acids is 4. The van der Waals surface area contributed by atoms with Crippen molar-refractivity contribution >= 4 is 23.8 Å². The molecule has 0 aliphatic carbocycles. The fourth-order valence-corrected chi connectivity index (χ4v) is 3.77. The number of aromatic amines is 1. The van der Waals surface area contributed by atoms with Crippen molar-refractivity contribution < 1.29 is 19.2 Å².